The summed E-state index contributed by atoms with van der Waals surface area (Å²) in [6, 6.07) is 0. The number of carbonyl (C=O) groups excluding carboxylic acids is 1. The van der Waals surface area contributed by atoms with Crippen LogP contribution < -0.4 is 10.6 Å². The van der Waals surface area contributed by atoms with E-state index in [1.165, 1.54) is 0 Å². The Hall–Kier alpha value is -1.14. The third-order valence-electron chi connectivity index (χ3n) is 3.37. The fourth-order valence-corrected chi connectivity index (χ4v) is 1.72. The summed E-state index contributed by atoms with van der Waals surface area (Å²) in [6.45, 7) is 4.60. The number of carboxylic acids is 1. The molecule has 0 radical (unpaired) electrons. The van der Waals surface area contributed by atoms with E-state index in [2.05, 4.69) is 10.6 Å². The average molecular weight is 258 g/mol. The second-order valence-corrected chi connectivity index (χ2v) is 4.78. The van der Waals surface area contributed by atoms with E-state index in [9.17, 15) is 9.59 Å². The van der Waals surface area contributed by atoms with Crippen LogP contribution in [0.5, 0.6) is 0 Å². The van der Waals surface area contributed by atoms with Gasteiger partial charge in [-0.1, -0.05) is 6.92 Å². The highest BCUT2D eigenvalue weighted by Gasteiger charge is 2.30. The van der Waals surface area contributed by atoms with Crippen molar-refractivity contribution in [1.29, 1.82) is 0 Å². The molecule has 6 heteroatoms. The van der Waals surface area contributed by atoms with Crippen molar-refractivity contribution in [3.05, 3.63) is 0 Å². The molecule has 1 saturated heterocycles. The van der Waals surface area contributed by atoms with Crippen molar-refractivity contribution < 1.29 is 19.4 Å². The zero-order valence-electron chi connectivity index (χ0n) is 11.0. The predicted octanol–water partition coefficient (Wildman–Crippen LogP) is 0.125. The molecule has 0 aromatic rings. The lowest BCUT2D eigenvalue weighted by atomic mass is 9.99. The van der Waals surface area contributed by atoms with Crippen LogP contribution in [0.4, 0.5) is 0 Å². The first-order valence-electron chi connectivity index (χ1n) is 6.34. The van der Waals surface area contributed by atoms with Crippen LogP contribution in [0.3, 0.4) is 0 Å². The Morgan fingerprint density at radius 2 is 2.22 bits per heavy atom. The van der Waals surface area contributed by atoms with Gasteiger partial charge in [0.2, 0.25) is 5.91 Å². The number of carboxylic acid groups (broad SMARTS) is 1. The van der Waals surface area contributed by atoms with E-state index < -0.39 is 11.5 Å². The van der Waals surface area contributed by atoms with Crippen LogP contribution >= 0.6 is 0 Å². The lowest BCUT2D eigenvalue weighted by Crippen LogP contribution is -2.52. The summed E-state index contributed by atoms with van der Waals surface area (Å²) in [4.78, 5) is 22.6. The smallest absolute Gasteiger partial charge is 0.323 e. The summed E-state index contributed by atoms with van der Waals surface area (Å²) in [5.74, 6) is -1.15. The minimum absolute atomic E-state index is 0.00333. The lowest BCUT2D eigenvalue weighted by molar-refractivity contribution is -0.144. The maximum Gasteiger partial charge on any atom is 0.323 e. The Morgan fingerprint density at radius 3 is 2.72 bits per heavy atom. The van der Waals surface area contributed by atoms with Crippen molar-refractivity contribution in [1.82, 2.24) is 10.6 Å². The summed E-state index contributed by atoms with van der Waals surface area (Å²) >= 11 is 0. The maximum absolute atomic E-state index is 11.6. The molecular formula is C12H22N2O4. The Labute approximate surface area is 107 Å². The number of hydrogen-bond donors (Lipinski definition) is 3. The molecule has 1 fully saturated rings. The Bertz CT molecular complexity index is 302. The monoisotopic (exact) mass is 258 g/mol. The Balaban J connectivity index is 2.25. The average Bonchev–Trinajstić information content (AvgIpc) is 2.86. The molecule has 2 atom stereocenters. The van der Waals surface area contributed by atoms with Crippen LogP contribution in [-0.2, 0) is 14.3 Å². The van der Waals surface area contributed by atoms with Gasteiger partial charge in [-0.05, 0) is 26.2 Å². The molecule has 0 saturated carbocycles. The molecule has 2 unspecified atom stereocenters. The number of rotatable bonds is 7. The largest absolute Gasteiger partial charge is 0.480 e. The summed E-state index contributed by atoms with van der Waals surface area (Å²) in [7, 11) is 0. The van der Waals surface area contributed by atoms with Gasteiger partial charge < -0.3 is 15.2 Å². The lowest BCUT2D eigenvalue weighted by Gasteiger charge is -2.24. The van der Waals surface area contributed by atoms with Crippen LogP contribution in [0.2, 0.25) is 0 Å². The van der Waals surface area contributed by atoms with Gasteiger partial charge in [0, 0.05) is 13.2 Å². The van der Waals surface area contributed by atoms with Gasteiger partial charge >= 0.3 is 5.97 Å². The van der Waals surface area contributed by atoms with Crippen LogP contribution in [0.25, 0.3) is 0 Å². The van der Waals surface area contributed by atoms with Gasteiger partial charge in [0.25, 0.3) is 0 Å². The first-order valence-corrected chi connectivity index (χ1v) is 6.34. The fraction of sp³-hybridized carbons (Fsp3) is 0.833. The van der Waals surface area contributed by atoms with Crippen molar-refractivity contribution >= 4 is 11.9 Å². The van der Waals surface area contributed by atoms with Crippen molar-refractivity contribution in [3.63, 3.8) is 0 Å². The third kappa shape index (κ3) is 4.27. The molecule has 1 heterocycles. The van der Waals surface area contributed by atoms with Gasteiger partial charge in [0.15, 0.2) is 0 Å². The highest BCUT2D eigenvalue weighted by Crippen LogP contribution is 2.10. The van der Waals surface area contributed by atoms with E-state index >= 15 is 0 Å². The summed E-state index contributed by atoms with van der Waals surface area (Å²) in [6.07, 6.45) is 2.52. The zero-order valence-corrected chi connectivity index (χ0v) is 11.0. The molecule has 1 amide bonds. The van der Waals surface area contributed by atoms with Crippen LogP contribution in [0.1, 0.15) is 33.1 Å². The molecule has 18 heavy (non-hydrogen) atoms. The summed E-state index contributed by atoms with van der Waals surface area (Å²) in [5.41, 5.74) is -1.05. The van der Waals surface area contributed by atoms with E-state index in [0.717, 1.165) is 19.4 Å². The van der Waals surface area contributed by atoms with E-state index in [1.807, 2.05) is 0 Å². The predicted molar refractivity (Wildman–Crippen MR) is 66.3 cm³/mol. The number of amides is 1. The molecule has 1 rings (SSSR count). The minimum Gasteiger partial charge on any atom is -0.480 e. The molecule has 0 aromatic carbocycles. The second-order valence-electron chi connectivity index (χ2n) is 4.78. The van der Waals surface area contributed by atoms with Gasteiger partial charge in [-0.15, -0.1) is 0 Å². The molecule has 104 valence electrons. The fourth-order valence-electron chi connectivity index (χ4n) is 1.72. The third-order valence-corrected chi connectivity index (χ3v) is 3.37. The van der Waals surface area contributed by atoms with Crippen LogP contribution in [-0.4, -0.2) is 48.3 Å². The van der Waals surface area contributed by atoms with Gasteiger partial charge in [0.05, 0.1) is 12.6 Å². The SMILES string of the molecule is CCC(C)(NCC(=O)NCC1CCCO1)C(=O)O. The molecule has 1 aliphatic rings. The Morgan fingerprint density at radius 1 is 1.50 bits per heavy atom. The summed E-state index contributed by atoms with van der Waals surface area (Å²) in [5, 5.41) is 14.5. The van der Waals surface area contributed by atoms with E-state index in [4.69, 9.17) is 9.84 Å². The van der Waals surface area contributed by atoms with Crippen LogP contribution in [0.15, 0.2) is 0 Å². The first kappa shape index (κ1) is 14.9. The molecule has 1 aliphatic heterocycles. The maximum atomic E-state index is 11.6. The Kier molecular flexibility index (Phi) is 5.55. The number of nitrogens with one attached hydrogen (secondary N) is 2. The van der Waals surface area contributed by atoms with Gasteiger partial charge in [0.1, 0.15) is 5.54 Å². The molecule has 6 nitrogen and oxygen atoms in total. The molecule has 0 aromatic heterocycles. The highest BCUT2D eigenvalue weighted by atomic mass is 16.5. The second kappa shape index (κ2) is 6.70. The molecule has 0 spiro atoms. The van der Waals surface area contributed by atoms with Crippen LogP contribution in [0, 0.1) is 0 Å². The number of hydrogen-bond acceptors (Lipinski definition) is 4. The van der Waals surface area contributed by atoms with Crippen molar-refractivity contribution in [2.45, 2.75) is 44.8 Å². The molecule has 0 bridgehead atoms. The van der Waals surface area contributed by atoms with Gasteiger partial charge in [-0.25, -0.2) is 0 Å². The van der Waals surface area contributed by atoms with Crippen molar-refractivity contribution in [3.8, 4) is 0 Å². The van der Waals surface area contributed by atoms with E-state index in [0.29, 0.717) is 13.0 Å². The van der Waals surface area contributed by atoms with Gasteiger partial charge in [-0.3, -0.25) is 14.9 Å². The normalized spacial score (nSPS) is 22.4. The van der Waals surface area contributed by atoms with Gasteiger partial charge in [-0.2, -0.15) is 0 Å². The highest BCUT2D eigenvalue weighted by molar-refractivity contribution is 5.81. The van der Waals surface area contributed by atoms with E-state index in [-0.39, 0.29) is 18.6 Å². The molecular weight excluding hydrogens is 236 g/mol. The zero-order chi connectivity index (χ0) is 13.6. The number of ether oxygens (including phenoxy) is 1. The topological polar surface area (TPSA) is 87.7 Å². The molecule has 0 aliphatic carbocycles. The number of carbonyl (C=O) groups is 2. The first-order chi connectivity index (χ1) is 8.48. The van der Waals surface area contributed by atoms with Crippen molar-refractivity contribution in [2.75, 3.05) is 19.7 Å². The minimum atomic E-state index is -1.05. The molecule has 3 N–H and O–H groups in total. The van der Waals surface area contributed by atoms with E-state index in [1.54, 1.807) is 13.8 Å². The number of aliphatic carboxylic acids is 1. The quantitative estimate of drug-likeness (QED) is 0.604. The standard InChI is InChI=1S/C12H22N2O4/c1-3-12(2,11(16)17)14-8-10(15)13-7-9-5-4-6-18-9/h9,14H,3-8H2,1-2H3,(H,13,15)(H,16,17). The summed E-state index contributed by atoms with van der Waals surface area (Å²) < 4.78 is 5.38. The van der Waals surface area contributed by atoms with Crippen molar-refractivity contribution in [2.24, 2.45) is 0 Å².